The highest BCUT2D eigenvalue weighted by Crippen LogP contribution is 2.65. The number of halogens is 17. The van der Waals surface area contributed by atoms with E-state index < -0.39 is 65.0 Å². The van der Waals surface area contributed by atoms with Crippen LogP contribution in [0, 0.1) is 11.8 Å². The third-order valence-corrected chi connectivity index (χ3v) is 5.41. The van der Waals surface area contributed by atoms with Gasteiger partial charge in [0.2, 0.25) is 0 Å². The molecule has 188 valence electrons. The normalized spacial score (nSPS) is 24.2. The van der Waals surface area contributed by atoms with Gasteiger partial charge >= 0.3 is 47.6 Å². The van der Waals surface area contributed by atoms with Crippen LogP contribution in [0.3, 0.4) is 0 Å². The highest BCUT2D eigenvalue weighted by Gasteiger charge is 2.95. The second kappa shape index (κ2) is 6.79. The summed E-state index contributed by atoms with van der Waals surface area (Å²) in [4.78, 5) is 0. The van der Waals surface area contributed by atoms with Gasteiger partial charge in [0.25, 0.3) is 0 Å². The molecule has 0 spiro atoms. The van der Waals surface area contributed by atoms with Gasteiger partial charge in [-0.15, -0.1) is 0 Å². The van der Waals surface area contributed by atoms with E-state index in [2.05, 4.69) is 0 Å². The average Bonchev–Trinajstić information content (AvgIpc) is 3.23. The minimum atomic E-state index is -8.58. The minimum Gasteiger partial charge on any atom is -0.194 e. The molecule has 2 rings (SSSR count). The Morgan fingerprint density at radius 3 is 1.19 bits per heavy atom. The molecule has 0 aliphatic heterocycles. The molecule has 0 aromatic rings. The molecule has 0 nitrogen and oxygen atoms in total. The molecule has 0 amide bonds. The third kappa shape index (κ3) is 3.03. The molecule has 0 N–H and O–H groups in total. The van der Waals surface area contributed by atoms with Crippen molar-refractivity contribution in [3.05, 3.63) is 11.6 Å². The van der Waals surface area contributed by atoms with Crippen molar-refractivity contribution in [1.82, 2.24) is 0 Å². The van der Waals surface area contributed by atoms with Gasteiger partial charge in [0.05, 0.1) is 0 Å². The average molecular weight is 512 g/mol. The fourth-order valence-corrected chi connectivity index (χ4v) is 3.55. The summed E-state index contributed by atoms with van der Waals surface area (Å²) in [5.41, 5.74) is -1.88. The molecule has 2 unspecified atom stereocenters. The van der Waals surface area contributed by atoms with E-state index in [1.807, 2.05) is 0 Å². The predicted octanol–water partition coefficient (Wildman–Crippen LogP) is 7.35. The number of hydrogen-bond acceptors (Lipinski definition) is 0. The van der Waals surface area contributed by atoms with Crippen molar-refractivity contribution >= 4 is 0 Å². The highest BCUT2D eigenvalue weighted by atomic mass is 19.4. The maximum atomic E-state index is 14.1. The van der Waals surface area contributed by atoms with Crippen LogP contribution < -0.4 is 0 Å². The maximum Gasteiger partial charge on any atom is 0.460 e. The summed E-state index contributed by atoms with van der Waals surface area (Å²) in [6, 6.07) is 0. The first-order valence-corrected chi connectivity index (χ1v) is 8.26. The van der Waals surface area contributed by atoms with Gasteiger partial charge in [-0.2, -0.15) is 74.6 Å². The van der Waals surface area contributed by atoms with Crippen LogP contribution in [0.25, 0.3) is 0 Å². The quantitative estimate of drug-likeness (QED) is 0.247. The Bertz CT molecular complexity index is 771. The topological polar surface area (TPSA) is 0 Å². The molecule has 2 atom stereocenters. The van der Waals surface area contributed by atoms with Crippen molar-refractivity contribution in [1.29, 1.82) is 0 Å². The number of alkyl halides is 17. The number of fused-ring (bicyclic) bond motifs is 2. The van der Waals surface area contributed by atoms with E-state index in [0.717, 1.165) is 0 Å². The van der Waals surface area contributed by atoms with Crippen LogP contribution in [-0.2, 0) is 0 Å². The van der Waals surface area contributed by atoms with E-state index in [-0.39, 0.29) is 25.3 Å². The van der Waals surface area contributed by atoms with Crippen LogP contribution in [0.1, 0.15) is 19.3 Å². The molecular formula is C15H9F17. The first-order valence-electron chi connectivity index (χ1n) is 8.26. The first kappa shape index (κ1) is 26.8. The van der Waals surface area contributed by atoms with Gasteiger partial charge in [-0.25, -0.2) is 0 Å². The number of hydrogen-bond donors (Lipinski definition) is 0. The van der Waals surface area contributed by atoms with Gasteiger partial charge in [-0.3, -0.25) is 0 Å². The lowest BCUT2D eigenvalue weighted by molar-refractivity contribution is -0.460. The zero-order chi connectivity index (χ0) is 25.6. The van der Waals surface area contributed by atoms with Crippen LogP contribution in [0.5, 0.6) is 0 Å². The molecule has 2 bridgehead atoms. The van der Waals surface area contributed by atoms with Crippen molar-refractivity contribution < 1.29 is 74.6 Å². The van der Waals surface area contributed by atoms with Crippen LogP contribution in [-0.4, -0.2) is 47.6 Å². The molecular weight excluding hydrogens is 503 g/mol. The zero-order valence-corrected chi connectivity index (χ0v) is 14.8. The maximum absolute atomic E-state index is 14.1. The van der Waals surface area contributed by atoms with Crippen molar-refractivity contribution in [2.45, 2.75) is 66.9 Å². The Labute approximate surface area is 166 Å². The fraction of sp³-hybridized carbons (Fsp3) is 0.867. The number of allylic oxidation sites excluding steroid dienone is 2. The Hall–Kier alpha value is -1.45. The largest absolute Gasteiger partial charge is 0.460 e. The first-order chi connectivity index (χ1) is 13.8. The zero-order valence-electron chi connectivity index (χ0n) is 14.8. The van der Waals surface area contributed by atoms with Crippen LogP contribution >= 0.6 is 0 Å². The molecule has 1 saturated carbocycles. The Morgan fingerprint density at radius 2 is 0.875 bits per heavy atom. The second-order valence-electron chi connectivity index (χ2n) is 7.41. The standard InChI is InChI=1S/C15H9F17/c16-8(17,7-4-5-1-2-6(7)3-5)9(18,19)10(20,21)11(22,23)12(24,25)13(26,27)14(28,29)15(30,31)32/h4-6H,1-3H2. The SMILES string of the molecule is FC(F)(F)C(F)(F)C(F)(F)C(F)(F)C(F)(F)C(F)(F)C(F)(F)C(F)(F)C1=CC2CCC1C2. The monoisotopic (exact) mass is 512 g/mol. The van der Waals surface area contributed by atoms with E-state index in [1.165, 1.54) is 0 Å². The molecule has 0 heterocycles. The van der Waals surface area contributed by atoms with Crippen molar-refractivity contribution in [2.75, 3.05) is 0 Å². The van der Waals surface area contributed by atoms with E-state index >= 15 is 0 Å². The van der Waals surface area contributed by atoms with Crippen LogP contribution in [0.4, 0.5) is 74.6 Å². The molecule has 0 radical (unpaired) electrons. The van der Waals surface area contributed by atoms with E-state index in [0.29, 0.717) is 0 Å². The van der Waals surface area contributed by atoms with Gasteiger partial charge in [0, 0.05) is 5.57 Å². The Balaban J connectivity index is 2.58. The van der Waals surface area contributed by atoms with Gasteiger partial charge in [-0.05, 0) is 31.1 Å². The van der Waals surface area contributed by atoms with E-state index in [4.69, 9.17) is 0 Å². The highest BCUT2D eigenvalue weighted by molar-refractivity contribution is 5.31. The van der Waals surface area contributed by atoms with Gasteiger partial charge < -0.3 is 0 Å². The summed E-state index contributed by atoms with van der Waals surface area (Å²) in [6.45, 7) is 0. The third-order valence-electron chi connectivity index (χ3n) is 5.41. The fourth-order valence-electron chi connectivity index (χ4n) is 3.55. The van der Waals surface area contributed by atoms with Gasteiger partial charge in [0.15, 0.2) is 0 Å². The molecule has 0 aromatic heterocycles. The molecule has 17 heteroatoms. The van der Waals surface area contributed by atoms with Gasteiger partial charge in [-0.1, -0.05) is 6.08 Å². The van der Waals surface area contributed by atoms with Gasteiger partial charge in [0.1, 0.15) is 0 Å². The smallest absolute Gasteiger partial charge is 0.194 e. The lowest BCUT2D eigenvalue weighted by atomic mass is 9.83. The lowest BCUT2D eigenvalue weighted by Crippen LogP contribution is -2.74. The van der Waals surface area contributed by atoms with E-state index in [9.17, 15) is 74.6 Å². The van der Waals surface area contributed by atoms with E-state index in [1.54, 1.807) is 0 Å². The molecule has 2 aliphatic carbocycles. The Kier molecular flexibility index (Phi) is 5.69. The van der Waals surface area contributed by atoms with Crippen LogP contribution in [0.15, 0.2) is 11.6 Å². The van der Waals surface area contributed by atoms with Crippen molar-refractivity contribution in [2.24, 2.45) is 11.8 Å². The molecule has 1 fully saturated rings. The summed E-state index contributed by atoms with van der Waals surface area (Å²) in [7, 11) is 0. The Morgan fingerprint density at radius 1 is 0.500 bits per heavy atom. The number of rotatable bonds is 7. The minimum absolute atomic E-state index is 0.0964. The summed E-state index contributed by atoms with van der Waals surface area (Å²) >= 11 is 0. The summed E-state index contributed by atoms with van der Waals surface area (Å²) < 4.78 is 225. The molecule has 0 aromatic carbocycles. The summed E-state index contributed by atoms with van der Waals surface area (Å²) in [5, 5.41) is 0. The predicted molar refractivity (Wildman–Crippen MR) is 69.6 cm³/mol. The van der Waals surface area contributed by atoms with Crippen LogP contribution in [0.2, 0.25) is 0 Å². The van der Waals surface area contributed by atoms with Crippen molar-refractivity contribution in [3.63, 3.8) is 0 Å². The summed E-state index contributed by atoms with van der Waals surface area (Å²) in [5.74, 6) is -58.3. The molecule has 32 heavy (non-hydrogen) atoms. The van der Waals surface area contributed by atoms with Crippen molar-refractivity contribution in [3.8, 4) is 0 Å². The summed E-state index contributed by atoms with van der Waals surface area (Å²) in [6.07, 6.45) is -8.02. The molecule has 2 aliphatic rings. The second-order valence-corrected chi connectivity index (χ2v) is 7.41. The molecule has 0 saturated heterocycles. The lowest BCUT2D eigenvalue weighted by Gasteiger charge is -2.43.